The maximum atomic E-state index is 12.6. The summed E-state index contributed by atoms with van der Waals surface area (Å²) in [5.41, 5.74) is -0.249. The molecule has 0 bridgehead atoms. The molecule has 0 atom stereocenters. The quantitative estimate of drug-likeness (QED) is 0.873. The molecule has 1 aromatic heterocycles. The molecule has 0 spiro atoms. The third-order valence-corrected chi connectivity index (χ3v) is 4.15. The number of hydrogen-bond acceptors (Lipinski definition) is 4. The van der Waals surface area contributed by atoms with E-state index in [1.165, 1.54) is 0 Å². The number of nitrogens with two attached hydrogens (primary N) is 1. The van der Waals surface area contributed by atoms with Gasteiger partial charge in [-0.2, -0.15) is 18.3 Å². The van der Waals surface area contributed by atoms with Crippen molar-refractivity contribution in [1.82, 2.24) is 10.2 Å². The maximum absolute atomic E-state index is 12.6. The number of halogens is 3. The Bertz CT molecular complexity index is 843. The fraction of sp³-hybridized carbons (Fsp3) is 0.250. The minimum Gasteiger partial charge on any atom is -0.492 e. The van der Waals surface area contributed by atoms with Crippen molar-refractivity contribution in [3.63, 3.8) is 0 Å². The Morgan fingerprint density at radius 2 is 2.00 bits per heavy atom. The van der Waals surface area contributed by atoms with E-state index in [9.17, 15) is 21.6 Å². The zero-order chi connectivity index (χ0) is 16.1. The molecule has 10 heteroatoms. The van der Waals surface area contributed by atoms with Gasteiger partial charge in [0.1, 0.15) is 16.3 Å². The van der Waals surface area contributed by atoms with Crippen LogP contribution in [0.15, 0.2) is 23.1 Å². The summed E-state index contributed by atoms with van der Waals surface area (Å²) in [4.78, 5) is -0.256. The van der Waals surface area contributed by atoms with Crippen LogP contribution in [-0.2, 0) is 22.6 Å². The summed E-state index contributed by atoms with van der Waals surface area (Å²) in [6.45, 7) is 0.287. The molecule has 0 amide bonds. The van der Waals surface area contributed by atoms with E-state index in [1.54, 1.807) is 6.07 Å². The van der Waals surface area contributed by atoms with Gasteiger partial charge in [0, 0.05) is 12.0 Å². The van der Waals surface area contributed by atoms with Crippen molar-refractivity contribution >= 4 is 10.0 Å². The number of fused-ring (bicyclic) bond motifs is 1. The minimum absolute atomic E-state index is 0.0214. The average molecular weight is 333 g/mol. The Labute approximate surface area is 123 Å². The molecule has 2 aromatic rings. The van der Waals surface area contributed by atoms with E-state index in [0.29, 0.717) is 12.0 Å². The number of rotatable bonds is 2. The van der Waals surface area contributed by atoms with Gasteiger partial charge < -0.3 is 4.74 Å². The maximum Gasteiger partial charge on any atom is 0.432 e. The highest BCUT2D eigenvalue weighted by Crippen LogP contribution is 2.37. The fourth-order valence-electron chi connectivity index (χ4n) is 2.25. The lowest BCUT2D eigenvalue weighted by molar-refractivity contribution is -0.141. The average Bonchev–Trinajstić information content (AvgIpc) is 3.04. The third-order valence-electron chi connectivity index (χ3n) is 3.24. The van der Waals surface area contributed by atoms with Gasteiger partial charge in [-0.1, -0.05) is 0 Å². The Balaban J connectivity index is 2.15. The van der Waals surface area contributed by atoms with E-state index >= 15 is 0 Å². The second kappa shape index (κ2) is 4.71. The molecule has 0 fully saturated rings. The molecule has 1 aromatic carbocycles. The van der Waals surface area contributed by atoms with Gasteiger partial charge in [-0.15, -0.1) is 0 Å². The smallest absolute Gasteiger partial charge is 0.432 e. The zero-order valence-electron chi connectivity index (χ0n) is 10.9. The van der Waals surface area contributed by atoms with Gasteiger partial charge >= 0.3 is 6.18 Å². The van der Waals surface area contributed by atoms with Crippen LogP contribution in [0.3, 0.4) is 0 Å². The van der Waals surface area contributed by atoms with Crippen LogP contribution >= 0.6 is 0 Å². The molecule has 1 aliphatic rings. The van der Waals surface area contributed by atoms with Crippen molar-refractivity contribution in [1.29, 1.82) is 0 Å². The summed E-state index contributed by atoms with van der Waals surface area (Å²) in [6, 6.07) is 3.52. The van der Waals surface area contributed by atoms with Gasteiger partial charge in [0.15, 0.2) is 0 Å². The van der Waals surface area contributed by atoms with Gasteiger partial charge in [0.05, 0.1) is 12.3 Å². The molecule has 22 heavy (non-hydrogen) atoms. The first kappa shape index (κ1) is 14.9. The lowest BCUT2D eigenvalue weighted by Gasteiger charge is -2.08. The van der Waals surface area contributed by atoms with E-state index in [4.69, 9.17) is 9.88 Å². The fourth-order valence-corrected chi connectivity index (χ4v) is 2.99. The number of aromatic nitrogens is 2. The van der Waals surface area contributed by atoms with Crippen molar-refractivity contribution in [2.75, 3.05) is 6.61 Å². The summed E-state index contributed by atoms with van der Waals surface area (Å²) in [5.74, 6) is 0.151. The molecule has 1 aliphatic heterocycles. The van der Waals surface area contributed by atoms with Crippen molar-refractivity contribution < 1.29 is 26.3 Å². The Kier molecular flexibility index (Phi) is 3.18. The van der Waals surface area contributed by atoms with Crippen LogP contribution < -0.4 is 9.88 Å². The molecule has 0 unspecified atom stereocenters. The highest BCUT2D eigenvalue weighted by molar-refractivity contribution is 7.89. The van der Waals surface area contributed by atoms with E-state index in [0.717, 1.165) is 12.1 Å². The highest BCUT2D eigenvalue weighted by Gasteiger charge is 2.33. The van der Waals surface area contributed by atoms with Gasteiger partial charge in [0.25, 0.3) is 0 Å². The largest absolute Gasteiger partial charge is 0.492 e. The van der Waals surface area contributed by atoms with E-state index < -0.39 is 21.9 Å². The molecule has 3 rings (SSSR count). The van der Waals surface area contributed by atoms with Crippen molar-refractivity contribution in [2.24, 2.45) is 5.14 Å². The van der Waals surface area contributed by atoms with Gasteiger partial charge in [-0.25, -0.2) is 13.6 Å². The highest BCUT2D eigenvalue weighted by atomic mass is 32.2. The van der Waals surface area contributed by atoms with E-state index in [-0.39, 0.29) is 28.5 Å². The lowest BCUT2D eigenvalue weighted by Crippen LogP contribution is -2.13. The number of primary sulfonamides is 1. The number of nitrogens with one attached hydrogen (secondary N) is 1. The summed E-state index contributed by atoms with van der Waals surface area (Å²) in [6.07, 6.45) is -4.11. The SMILES string of the molecule is NS(=O)(=O)c1cc(-c2cc(C(F)(F)F)[nH]n2)cc2c1OCC2. The van der Waals surface area contributed by atoms with Crippen LogP contribution in [0, 0.1) is 0 Å². The van der Waals surface area contributed by atoms with Crippen LogP contribution in [0.5, 0.6) is 5.75 Å². The predicted octanol–water partition coefficient (Wildman–Crippen LogP) is 1.68. The number of aromatic amines is 1. The summed E-state index contributed by atoms with van der Waals surface area (Å²) < 4.78 is 66.3. The molecular formula is C12H10F3N3O3S. The van der Waals surface area contributed by atoms with Gasteiger partial charge in [0.2, 0.25) is 10.0 Å². The van der Waals surface area contributed by atoms with Crippen LogP contribution in [-0.4, -0.2) is 25.2 Å². The van der Waals surface area contributed by atoms with Crippen molar-refractivity contribution in [2.45, 2.75) is 17.5 Å². The molecule has 118 valence electrons. The van der Waals surface area contributed by atoms with Crippen molar-refractivity contribution in [3.8, 4) is 17.0 Å². The summed E-state index contributed by atoms with van der Waals surface area (Å²) in [7, 11) is -4.07. The standard InChI is InChI=1S/C12H10F3N3O3S/c13-12(14,15)10-5-8(17-18-10)7-3-6-1-2-21-11(6)9(4-7)22(16,19)20/h3-5H,1-2H2,(H,17,18)(H2,16,19,20). The topological polar surface area (TPSA) is 98.1 Å². The lowest BCUT2D eigenvalue weighted by atomic mass is 10.1. The molecule has 0 aliphatic carbocycles. The third kappa shape index (κ3) is 2.55. The first-order chi connectivity index (χ1) is 10.2. The molecule has 6 nitrogen and oxygen atoms in total. The van der Waals surface area contributed by atoms with E-state index in [2.05, 4.69) is 5.10 Å². The number of nitrogens with zero attached hydrogens (tertiary/aromatic N) is 1. The number of H-pyrrole nitrogens is 1. The first-order valence-corrected chi connectivity index (χ1v) is 7.66. The number of hydrogen-bond donors (Lipinski definition) is 2. The second-order valence-electron chi connectivity index (χ2n) is 4.77. The van der Waals surface area contributed by atoms with Crippen LogP contribution in [0.2, 0.25) is 0 Å². The normalized spacial score (nSPS) is 14.7. The summed E-state index contributed by atoms with van der Waals surface area (Å²) in [5, 5.41) is 10.6. The van der Waals surface area contributed by atoms with Crippen LogP contribution in [0.25, 0.3) is 11.3 Å². The van der Waals surface area contributed by atoms with Crippen molar-refractivity contribution in [3.05, 3.63) is 29.5 Å². The molecule has 0 saturated heterocycles. The molecular weight excluding hydrogens is 323 g/mol. The first-order valence-electron chi connectivity index (χ1n) is 6.12. The van der Waals surface area contributed by atoms with E-state index in [1.807, 2.05) is 5.10 Å². The molecule has 2 heterocycles. The zero-order valence-corrected chi connectivity index (χ0v) is 11.8. The molecule has 0 saturated carbocycles. The number of ether oxygens (including phenoxy) is 1. The molecule has 0 radical (unpaired) electrons. The Morgan fingerprint density at radius 1 is 1.27 bits per heavy atom. The van der Waals surface area contributed by atoms with Crippen LogP contribution in [0.4, 0.5) is 13.2 Å². The second-order valence-corrected chi connectivity index (χ2v) is 6.30. The van der Waals surface area contributed by atoms with Gasteiger partial charge in [-0.3, -0.25) is 5.10 Å². The Morgan fingerprint density at radius 3 is 2.59 bits per heavy atom. The minimum atomic E-state index is -4.56. The predicted molar refractivity (Wildman–Crippen MR) is 69.6 cm³/mol. The molecule has 3 N–H and O–H groups in total. The number of sulfonamides is 1. The Hall–Kier alpha value is -2.07. The summed E-state index contributed by atoms with van der Waals surface area (Å²) >= 11 is 0. The number of alkyl halides is 3. The van der Waals surface area contributed by atoms with Gasteiger partial charge in [-0.05, 0) is 23.8 Å². The monoisotopic (exact) mass is 333 g/mol. The number of benzene rings is 1. The van der Waals surface area contributed by atoms with Crippen LogP contribution in [0.1, 0.15) is 11.3 Å².